The molecule has 1 aliphatic rings. The fourth-order valence-electron chi connectivity index (χ4n) is 3.03. The number of unbranched alkanes of at least 4 members (excludes halogenated alkanes) is 1. The number of amides is 2. The van der Waals surface area contributed by atoms with Crippen molar-refractivity contribution in [2.75, 3.05) is 6.54 Å². The molecule has 0 heterocycles. The van der Waals surface area contributed by atoms with Crippen molar-refractivity contribution in [1.82, 2.24) is 10.6 Å². The molecule has 0 aliphatic heterocycles. The SMILES string of the molecule is CC(C)(C)OC(=O)NCCCCC(N)C(=O)NC1CCCCCCC1. The number of alkyl carbamates (subject to hydrolysis) is 1. The van der Waals surface area contributed by atoms with Crippen molar-refractivity contribution in [3.63, 3.8) is 0 Å². The second-order valence-corrected chi connectivity index (χ2v) is 8.08. The Balaban J connectivity index is 2.13. The third-order valence-electron chi connectivity index (χ3n) is 4.40. The fourth-order valence-corrected chi connectivity index (χ4v) is 3.03. The average molecular weight is 356 g/mol. The van der Waals surface area contributed by atoms with Gasteiger partial charge in [0.2, 0.25) is 5.91 Å². The maximum absolute atomic E-state index is 12.2. The van der Waals surface area contributed by atoms with Crippen LogP contribution >= 0.6 is 0 Å². The van der Waals surface area contributed by atoms with Crippen molar-refractivity contribution in [1.29, 1.82) is 0 Å². The molecule has 0 bridgehead atoms. The molecule has 25 heavy (non-hydrogen) atoms. The molecule has 2 amide bonds. The Morgan fingerprint density at radius 2 is 1.68 bits per heavy atom. The van der Waals surface area contributed by atoms with Gasteiger partial charge in [0.25, 0.3) is 0 Å². The molecule has 0 aromatic rings. The summed E-state index contributed by atoms with van der Waals surface area (Å²) < 4.78 is 5.17. The molecule has 6 heteroatoms. The molecular weight excluding hydrogens is 318 g/mol. The zero-order chi connectivity index (χ0) is 18.7. The van der Waals surface area contributed by atoms with Crippen LogP contribution in [0.1, 0.15) is 85.0 Å². The molecule has 0 saturated heterocycles. The number of nitrogens with two attached hydrogens (primary N) is 1. The quantitative estimate of drug-likeness (QED) is 0.611. The van der Waals surface area contributed by atoms with Crippen molar-refractivity contribution in [3.05, 3.63) is 0 Å². The lowest BCUT2D eigenvalue weighted by atomic mass is 9.96. The Kier molecular flexibility index (Phi) is 9.86. The summed E-state index contributed by atoms with van der Waals surface area (Å²) in [4.78, 5) is 23.7. The van der Waals surface area contributed by atoms with E-state index in [2.05, 4.69) is 10.6 Å². The van der Waals surface area contributed by atoms with Gasteiger partial charge in [-0.25, -0.2) is 4.79 Å². The Labute approximate surface area is 152 Å². The van der Waals surface area contributed by atoms with Crippen LogP contribution in [0.4, 0.5) is 4.79 Å². The fraction of sp³-hybridized carbons (Fsp3) is 0.895. The highest BCUT2D eigenvalue weighted by atomic mass is 16.6. The van der Waals surface area contributed by atoms with E-state index in [4.69, 9.17) is 10.5 Å². The highest BCUT2D eigenvalue weighted by Crippen LogP contribution is 2.17. The van der Waals surface area contributed by atoms with Gasteiger partial charge >= 0.3 is 6.09 Å². The Hall–Kier alpha value is -1.30. The number of ether oxygens (including phenoxy) is 1. The topological polar surface area (TPSA) is 93.4 Å². The number of rotatable bonds is 7. The second-order valence-electron chi connectivity index (χ2n) is 8.08. The van der Waals surface area contributed by atoms with Gasteiger partial charge in [-0.1, -0.05) is 32.1 Å². The zero-order valence-electron chi connectivity index (χ0n) is 16.2. The minimum Gasteiger partial charge on any atom is -0.444 e. The van der Waals surface area contributed by atoms with Gasteiger partial charge in [-0.3, -0.25) is 4.79 Å². The van der Waals surface area contributed by atoms with Gasteiger partial charge in [0.05, 0.1) is 6.04 Å². The summed E-state index contributed by atoms with van der Waals surface area (Å²) in [5, 5.41) is 5.84. The third kappa shape index (κ3) is 11.0. The molecule has 146 valence electrons. The van der Waals surface area contributed by atoms with E-state index in [0.717, 1.165) is 25.7 Å². The summed E-state index contributed by atoms with van der Waals surface area (Å²) in [6.45, 7) is 6.03. The predicted octanol–water partition coefficient (Wildman–Crippen LogP) is 3.24. The Morgan fingerprint density at radius 3 is 2.28 bits per heavy atom. The van der Waals surface area contributed by atoms with Crippen LogP contribution in [0.5, 0.6) is 0 Å². The summed E-state index contributed by atoms with van der Waals surface area (Å²) in [5.41, 5.74) is 5.52. The summed E-state index contributed by atoms with van der Waals surface area (Å²) in [6.07, 6.45) is 10.2. The van der Waals surface area contributed by atoms with Crippen molar-refractivity contribution in [2.24, 2.45) is 5.73 Å². The van der Waals surface area contributed by atoms with Crippen molar-refractivity contribution >= 4 is 12.0 Å². The first-order valence-corrected chi connectivity index (χ1v) is 9.81. The van der Waals surface area contributed by atoms with Crippen LogP contribution in [0.3, 0.4) is 0 Å². The van der Waals surface area contributed by atoms with E-state index in [-0.39, 0.29) is 11.9 Å². The molecule has 0 aromatic heterocycles. The van der Waals surface area contributed by atoms with Crippen LogP contribution < -0.4 is 16.4 Å². The van der Waals surface area contributed by atoms with E-state index in [9.17, 15) is 9.59 Å². The van der Waals surface area contributed by atoms with Crippen LogP contribution in [0.15, 0.2) is 0 Å². The van der Waals surface area contributed by atoms with E-state index >= 15 is 0 Å². The molecule has 4 N–H and O–H groups in total. The van der Waals surface area contributed by atoms with Gasteiger partial charge in [-0.05, 0) is 52.9 Å². The lowest BCUT2D eigenvalue weighted by Crippen LogP contribution is -2.45. The standard InChI is InChI=1S/C19H37N3O3/c1-19(2,3)25-18(24)21-14-10-9-13-16(20)17(23)22-15-11-7-5-4-6-8-12-15/h15-16H,4-14,20H2,1-3H3,(H,21,24)(H,22,23). The highest BCUT2D eigenvalue weighted by Gasteiger charge is 2.19. The lowest BCUT2D eigenvalue weighted by molar-refractivity contribution is -0.123. The molecular formula is C19H37N3O3. The van der Waals surface area contributed by atoms with Gasteiger partial charge in [-0.2, -0.15) is 0 Å². The Bertz CT molecular complexity index is 399. The minimum absolute atomic E-state index is 0.0364. The summed E-state index contributed by atoms with van der Waals surface area (Å²) >= 11 is 0. The molecule has 0 aromatic carbocycles. The minimum atomic E-state index is -0.485. The van der Waals surface area contributed by atoms with Gasteiger partial charge in [0.15, 0.2) is 0 Å². The monoisotopic (exact) mass is 355 g/mol. The molecule has 1 fully saturated rings. The average Bonchev–Trinajstić information content (AvgIpc) is 2.47. The smallest absolute Gasteiger partial charge is 0.407 e. The number of carbonyl (C=O) groups excluding carboxylic acids is 2. The maximum Gasteiger partial charge on any atom is 0.407 e. The largest absolute Gasteiger partial charge is 0.444 e. The molecule has 1 aliphatic carbocycles. The van der Waals surface area contributed by atoms with E-state index in [1.807, 2.05) is 20.8 Å². The van der Waals surface area contributed by atoms with E-state index in [1.54, 1.807) is 0 Å². The number of carbonyl (C=O) groups is 2. The normalized spacial score (nSPS) is 17.9. The van der Waals surface area contributed by atoms with Crippen LogP contribution in [-0.2, 0) is 9.53 Å². The lowest BCUT2D eigenvalue weighted by Gasteiger charge is -2.23. The van der Waals surface area contributed by atoms with Crippen LogP contribution in [-0.4, -0.2) is 36.2 Å². The number of hydrogen-bond acceptors (Lipinski definition) is 4. The molecule has 1 saturated carbocycles. The molecule has 0 radical (unpaired) electrons. The summed E-state index contributed by atoms with van der Waals surface area (Å²) in [5.74, 6) is -0.0364. The molecule has 1 rings (SSSR count). The van der Waals surface area contributed by atoms with Gasteiger partial charge in [0.1, 0.15) is 5.60 Å². The Morgan fingerprint density at radius 1 is 1.08 bits per heavy atom. The molecule has 1 unspecified atom stereocenters. The first-order valence-electron chi connectivity index (χ1n) is 9.81. The molecule has 1 atom stereocenters. The van der Waals surface area contributed by atoms with Gasteiger partial charge in [-0.15, -0.1) is 0 Å². The first kappa shape index (κ1) is 21.7. The first-order chi connectivity index (χ1) is 11.8. The van der Waals surface area contributed by atoms with Crippen LogP contribution in [0.2, 0.25) is 0 Å². The van der Waals surface area contributed by atoms with Crippen molar-refractivity contribution in [3.8, 4) is 0 Å². The molecule has 6 nitrogen and oxygen atoms in total. The molecule has 0 spiro atoms. The van der Waals surface area contributed by atoms with E-state index in [0.29, 0.717) is 13.0 Å². The van der Waals surface area contributed by atoms with Gasteiger partial charge in [0, 0.05) is 12.6 Å². The number of nitrogens with one attached hydrogen (secondary N) is 2. The predicted molar refractivity (Wildman–Crippen MR) is 100 cm³/mol. The third-order valence-corrected chi connectivity index (χ3v) is 4.40. The van der Waals surface area contributed by atoms with E-state index in [1.165, 1.54) is 32.1 Å². The highest BCUT2D eigenvalue weighted by molar-refractivity contribution is 5.81. The van der Waals surface area contributed by atoms with Crippen LogP contribution in [0, 0.1) is 0 Å². The number of hydrogen-bond donors (Lipinski definition) is 3. The summed E-state index contributed by atoms with van der Waals surface area (Å²) in [7, 11) is 0. The van der Waals surface area contributed by atoms with Crippen molar-refractivity contribution in [2.45, 2.75) is 103 Å². The van der Waals surface area contributed by atoms with Crippen LogP contribution in [0.25, 0.3) is 0 Å². The van der Waals surface area contributed by atoms with Crippen molar-refractivity contribution < 1.29 is 14.3 Å². The van der Waals surface area contributed by atoms with E-state index < -0.39 is 17.7 Å². The second kappa shape index (κ2) is 11.3. The maximum atomic E-state index is 12.2. The summed E-state index contributed by atoms with van der Waals surface area (Å²) in [6, 6.07) is -0.181. The zero-order valence-corrected chi connectivity index (χ0v) is 16.2. The van der Waals surface area contributed by atoms with Gasteiger partial charge < -0.3 is 21.1 Å².